The molecular weight excluding hydrogens is 435 g/mol. The number of methoxy groups -OCH3 is 1. The van der Waals surface area contributed by atoms with Gasteiger partial charge >= 0.3 is 5.97 Å². The zero-order valence-electron chi connectivity index (χ0n) is 16.2. The van der Waals surface area contributed by atoms with Crippen LogP contribution >= 0.6 is 24.0 Å². The molecule has 0 aromatic carbocycles. The number of carbonyl (C=O) groups excluding carboxylic acids is 1. The molecule has 2 unspecified atom stereocenters. The highest BCUT2D eigenvalue weighted by Gasteiger charge is 2.22. The third kappa shape index (κ3) is 9.60. The Morgan fingerprint density at radius 3 is 2.32 bits per heavy atom. The van der Waals surface area contributed by atoms with Crippen LogP contribution in [0.1, 0.15) is 27.2 Å². The number of ether oxygens (including phenoxy) is 2. The lowest BCUT2D eigenvalue weighted by Crippen LogP contribution is -2.51. The smallest absolute Gasteiger partial charge is 0.310 e. The fourth-order valence-electron chi connectivity index (χ4n) is 2.82. The van der Waals surface area contributed by atoms with Gasteiger partial charge in [-0.05, 0) is 12.3 Å². The number of carbonyl (C=O) groups is 1. The maximum absolute atomic E-state index is 11.5. The van der Waals surface area contributed by atoms with E-state index in [0.717, 1.165) is 39.3 Å². The van der Waals surface area contributed by atoms with Gasteiger partial charge in [0, 0.05) is 39.3 Å². The molecule has 1 saturated heterocycles. The fourth-order valence-corrected chi connectivity index (χ4v) is 2.82. The highest BCUT2D eigenvalue weighted by Crippen LogP contribution is 2.13. The first-order valence-corrected chi connectivity index (χ1v) is 8.82. The summed E-state index contributed by atoms with van der Waals surface area (Å²) in [6.07, 6.45) is 1.13. The quantitative estimate of drug-likeness (QED) is 0.241. The predicted molar refractivity (Wildman–Crippen MR) is 112 cm³/mol. The summed E-state index contributed by atoms with van der Waals surface area (Å²) in [5, 5.41) is 6.58. The van der Waals surface area contributed by atoms with Gasteiger partial charge in [-0.1, -0.05) is 20.8 Å². The number of hydrogen-bond acceptors (Lipinski definition) is 5. The van der Waals surface area contributed by atoms with Gasteiger partial charge in [0.05, 0.1) is 26.2 Å². The van der Waals surface area contributed by atoms with Crippen molar-refractivity contribution < 1.29 is 14.3 Å². The molecule has 1 rings (SSSR count). The molecule has 2 atom stereocenters. The van der Waals surface area contributed by atoms with Gasteiger partial charge < -0.3 is 20.1 Å². The number of rotatable bonds is 8. The largest absolute Gasteiger partial charge is 0.469 e. The molecule has 0 spiro atoms. The normalized spacial score (nSPS) is 18.2. The maximum atomic E-state index is 11.5. The predicted octanol–water partition coefficient (Wildman–Crippen LogP) is 1.33. The minimum absolute atomic E-state index is 0. The maximum Gasteiger partial charge on any atom is 0.310 e. The monoisotopic (exact) mass is 470 g/mol. The van der Waals surface area contributed by atoms with Crippen molar-refractivity contribution in [2.45, 2.75) is 33.2 Å². The Morgan fingerprint density at radius 2 is 1.80 bits per heavy atom. The van der Waals surface area contributed by atoms with Gasteiger partial charge in [0.25, 0.3) is 0 Å². The molecule has 0 bridgehead atoms. The number of guanidine groups is 1. The molecule has 0 aromatic rings. The van der Waals surface area contributed by atoms with Gasteiger partial charge in [-0.3, -0.25) is 14.7 Å². The summed E-state index contributed by atoms with van der Waals surface area (Å²) < 4.78 is 10.2. The third-order valence-corrected chi connectivity index (χ3v) is 4.21. The van der Waals surface area contributed by atoms with Gasteiger partial charge in [-0.25, -0.2) is 0 Å². The summed E-state index contributed by atoms with van der Waals surface area (Å²) in [5.74, 6) is 0.921. The number of esters is 1. The second-order valence-corrected chi connectivity index (χ2v) is 6.69. The van der Waals surface area contributed by atoms with Gasteiger partial charge in [0.15, 0.2) is 5.96 Å². The number of nitrogens with zero attached hydrogens (tertiary/aromatic N) is 2. The van der Waals surface area contributed by atoms with E-state index in [1.165, 1.54) is 7.11 Å². The molecule has 0 radical (unpaired) electrons. The Balaban J connectivity index is 0.00000576. The molecular formula is C17H35IN4O3. The van der Waals surface area contributed by atoms with Crippen LogP contribution in [-0.2, 0) is 14.3 Å². The van der Waals surface area contributed by atoms with E-state index in [2.05, 4.69) is 34.4 Å². The lowest BCUT2D eigenvalue weighted by Gasteiger charge is -2.35. The molecule has 1 heterocycles. The molecule has 7 nitrogen and oxygen atoms in total. The van der Waals surface area contributed by atoms with Crippen LogP contribution in [-0.4, -0.2) is 76.4 Å². The standard InChI is InChI=1S/C17H34N4O3.HI/c1-13(2)10-15(21-6-8-24-9-7-21)12-20-17(18-4)19-11-14(3)16(22)23-5;/h13-15H,6-12H2,1-5H3,(H2,18,19,20);1H. The summed E-state index contributed by atoms with van der Waals surface area (Å²) in [5.41, 5.74) is 0. The van der Waals surface area contributed by atoms with E-state index in [-0.39, 0.29) is 35.9 Å². The van der Waals surface area contributed by atoms with Crippen molar-refractivity contribution in [3.63, 3.8) is 0 Å². The molecule has 8 heteroatoms. The van der Waals surface area contributed by atoms with E-state index in [1.54, 1.807) is 7.05 Å². The highest BCUT2D eigenvalue weighted by molar-refractivity contribution is 14.0. The van der Waals surface area contributed by atoms with Crippen LogP contribution in [0.2, 0.25) is 0 Å². The summed E-state index contributed by atoms with van der Waals surface area (Å²) in [7, 11) is 3.15. The van der Waals surface area contributed by atoms with E-state index in [1.807, 2.05) is 6.92 Å². The van der Waals surface area contributed by atoms with Crippen LogP contribution in [0.3, 0.4) is 0 Å². The fraction of sp³-hybridized carbons (Fsp3) is 0.882. The SMILES string of the molecule is CN=C(NCC(C)C(=O)OC)NCC(CC(C)C)N1CCOCC1.I. The molecule has 1 fully saturated rings. The van der Waals surface area contributed by atoms with E-state index in [9.17, 15) is 4.79 Å². The average Bonchev–Trinajstić information content (AvgIpc) is 2.60. The number of aliphatic imine (C=N–C) groups is 1. The molecule has 0 saturated carbocycles. The number of morpholine rings is 1. The third-order valence-electron chi connectivity index (χ3n) is 4.21. The van der Waals surface area contributed by atoms with Crippen LogP contribution < -0.4 is 10.6 Å². The summed E-state index contributed by atoms with van der Waals surface area (Å²) in [6, 6.07) is 0.450. The van der Waals surface area contributed by atoms with Crippen molar-refractivity contribution in [2.24, 2.45) is 16.8 Å². The number of halogens is 1. The first kappa shape index (κ1) is 24.4. The second kappa shape index (κ2) is 13.6. The first-order chi connectivity index (χ1) is 11.5. The van der Waals surface area contributed by atoms with E-state index < -0.39 is 0 Å². The molecule has 1 aliphatic heterocycles. The molecule has 1 aliphatic rings. The highest BCUT2D eigenvalue weighted by atomic mass is 127. The van der Waals surface area contributed by atoms with Crippen molar-refractivity contribution in [3.05, 3.63) is 0 Å². The molecule has 25 heavy (non-hydrogen) atoms. The Hall–Kier alpha value is -0.610. The zero-order chi connectivity index (χ0) is 17.9. The first-order valence-electron chi connectivity index (χ1n) is 8.82. The summed E-state index contributed by atoms with van der Waals surface area (Å²) >= 11 is 0. The molecule has 148 valence electrons. The van der Waals surface area contributed by atoms with E-state index >= 15 is 0 Å². The molecule has 0 amide bonds. The average molecular weight is 470 g/mol. The van der Waals surface area contributed by atoms with Gasteiger partial charge in [0.2, 0.25) is 0 Å². The summed E-state index contributed by atoms with van der Waals surface area (Å²) in [4.78, 5) is 18.2. The van der Waals surface area contributed by atoms with Crippen molar-refractivity contribution in [3.8, 4) is 0 Å². The Kier molecular flexibility index (Phi) is 13.2. The lowest BCUT2D eigenvalue weighted by atomic mass is 10.0. The summed E-state index contributed by atoms with van der Waals surface area (Å²) in [6.45, 7) is 11.2. The topological polar surface area (TPSA) is 75.2 Å². The van der Waals surface area contributed by atoms with Crippen LogP contribution in [0.25, 0.3) is 0 Å². The van der Waals surface area contributed by atoms with E-state index in [0.29, 0.717) is 24.5 Å². The van der Waals surface area contributed by atoms with Crippen LogP contribution in [0, 0.1) is 11.8 Å². The Labute approximate surface area is 169 Å². The van der Waals surface area contributed by atoms with Gasteiger partial charge in [-0.15, -0.1) is 24.0 Å². The van der Waals surface area contributed by atoms with E-state index in [4.69, 9.17) is 9.47 Å². The number of nitrogens with one attached hydrogen (secondary N) is 2. The van der Waals surface area contributed by atoms with Crippen LogP contribution in [0.5, 0.6) is 0 Å². The van der Waals surface area contributed by atoms with Crippen LogP contribution in [0.4, 0.5) is 0 Å². The zero-order valence-corrected chi connectivity index (χ0v) is 18.5. The molecule has 2 N–H and O–H groups in total. The van der Waals surface area contributed by atoms with Crippen molar-refractivity contribution in [2.75, 3.05) is 53.6 Å². The molecule has 0 aliphatic carbocycles. The van der Waals surface area contributed by atoms with Crippen molar-refractivity contribution >= 4 is 35.9 Å². The second-order valence-electron chi connectivity index (χ2n) is 6.69. The Bertz CT molecular complexity index is 401. The van der Waals surface area contributed by atoms with Crippen molar-refractivity contribution in [1.29, 1.82) is 0 Å². The van der Waals surface area contributed by atoms with Gasteiger partial charge in [0.1, 0.15) is 0 Å². The minimum Gasteiger partial charge on any atom is -0.469 e. The number of hydrogen-bond donors (Lipinski definition) is 2. The van der Waals surface area contributed by atoms with Crippen molar-refractivity contribution in [1.82, 2.24) is 15.5 Å². The lowest BCUT2D eigenvalue weighted by molar-refractivity contribution is -0.144. The van der Waals surface area contributed by atoms with Crippen LogP contribution in [0.15, 0.2) is 4.99 Å². The Morgan fingerprint density at radius 1 is 1.20 bits per heavy atom. The minimum atomic E-state index is -0.219. The molecule has 0 aromatic heterocycles. The van der Waals surface area contributed by atoms with Gasteiger partial charge in [-0.2, -0.15) is 0 Å².